The zero-order valence-corrected chi connectivity index (χ0v) is 14.2. The Morgan fingerprint density at radius 2 is 1.73 bits per heavy atom. The molecule has 2 N–H and O–H groups in total. The maximum absolute atomic E-state index is 9.70. The number of unbranched alkanes of at least 4 members (excludes halogenated alkanes) is 1. The zero-order valence-electron chi connectivity index (χ0n) is 14.2. The molecule has 2 atom stereocenters. The second-order valence-corrected chi connectivity index (χ2v) is 5.48. The summed E-state index contributed by atoms with van der Waals surface area (Å²) in [6, 6.07) is 10.4. The number of hydrogen-bond acceptors (Lipinski definition) is 2. The first kappa shape index (κ1) is 23.0. The molecule has 123 valence electrons. The van der Waals surface area contributed by atoms with Gasteiger partial charge in [0.2, 0.25) is 0 Å². The first-order valence-electron chi connectivity index (χ1n) is 7.95. The molecule has 0 bridgehead atoms. The van der Waals surface area contributed by atoms with Gasteiger partial charge < -0.3 is 10.2 Å². The van der Waals surface area contributed by atoms with E-state index in [1.54, 1.807) is 0 Å². The van der Waals surface area contributed by atoms with Crippen LogP contribution in [0.2, 0.25) is 0 Å². The van der Waals surface area contributed by atoms with Gasteiger partial charge in [0.25, 0.3) is 0 Å². The summed E-state index contributed by atoms with van der Waals surface area (Å²) in [6.45, 7) is 5.94. The summed E-state index contributed by atoms with van der Waals surface area (Å²) in [5.41, 5.74) is 1.33. The van der Waals surface area contributed by atoms with Crippen molar-refractivity contribution in [2.45, 2.75) is 65.4 Å². The van der Waals surface area contributed by atoms with Crippen LogP contribution in [0, 0.1) is 5.92 Å². The van der Waals surface area contributed by atoms with Crippen LogP contribution in [-0.4, -0.2) is 30.7 Å². The molecule has 0 aromatic heterocycles. The van der Waals surface area contributed by atoms with Crippen molar-refractivity contribution in [2.75, 3.05) is 0 Å². The van der Waals surface area contributed by atoms with Crippen molar-refractivity contribution in [1.29, 1.82) is 0 Å². The number of rotatable bonds is 8. The molecule has 0 saturated carbocycles. The fourth-order valence-corrected chi connectivity index (χ4v) is 2.11. The molecule has 4 heteroatoms. The summed E-state index contributed by atoms with van der Waals surface area (Å²) < 4.78 is 0. The fraction of sp³-hybridized carbons (Fsp3) is 0.611. The summed E-state index contributed by atoms with van der Waals surface area (Å²) in [7, 11) is 0. The number of benzene rings is 1. The highest BCUT2D eigenvalue weighted by Gasteiger charge is 2.14. The van der Waals surface area contributed by atoms with Gasteiger partial charge in [-0.25, -0.2) is 0 Å². The molecular formula is C18H30BO3. The van der Waals surface area contributed by atoms with E-state index in [0.29, 0.717) is 12.3 Å². The molecule has 0 aliphatic heterocycles. The monoisotopic (exact) mass is 305 g/mol. The summed E-state index contributed by atoms with van der Waals surface area (Å²) >= 11 is 0. The Hall–Kier alpha value is -1.29. The molecule has 0 amide bonds. The average molecular weight is 305 g/mol. The predicted molar refractivity (Wildman–Crippen MR) is 93.1 cm³/mol. The van der Waals surface area contributed by atoms with E-state index in [-0.39, 0.29) is 14.5 Å². The second-order valence-electron chi connectivity index (χ2n) is 5.48. The highest BCUT2D eigenvalue weighted by atomic mass is 16.4. The highest BCUT2D eigenvalue weighted by molar-refractivity contribution is 5.75. The maximum Gasteiger partial charge on any atom is 0.303 e. The Morgan fingerprint density at radius 3 is 2.09 bits per heavy atom. The average Bonchev–Trinajstić information content (AvgIpc) is 2.44. The first-order valence-corrected chi connectivity index (χ1v) is 7.95. The van der Waals surface area contributed by atoms with Crippen LogP contribution in [0.3, 0.4) is 0 Å². The van der Waals surface area contributed by atoms with Crippen LogP contribution in [0.1, 0.15) is 58.4 Å². The second kappa shape index (κ2) is 14.6. The van der Waals surface area contributed by atoms with Gasteiger partial charge >= 0.3 is 5.97 Å². The number of carbonyl (C=O) groups is 1. The molecule has 0 unspecified atom stereocenters. The topological polar surface area (TPSA) is 57.5 Å². The van der Waals surface area contributed by atoms with E-state index in [2.05, 4.69) is 31.2 Å². The molecule has 0 spiro atoms. The van der Waals surface area contributed by atoms with Gasteiger partial charge in [-0.1, -0.05) is 57.0 Å². The lowest BCUT2D eigenvalue weighted by molar-refractivity contribution is -0.137. The van der Waals surface area contributed by atoms with Gasteiger partial charge in [0, 0.05) is 14.8 Å². The van der Waals surface area contributed by atoms with Gasteiger partial charge in [0.15, 0.2) is 0 Å². The van der Waals surface area contributed by atoms with Crippen molar-refractivity contribution in [1.82, 2.24) is 0 Å². The summed E-state index contributed by atoms with van der Waals surface area (Å²) in [4.78, 5) is 9.60. The number of carboxylic acid groups (broad SMARTS) is 1. The van der Waals surface area contributed by atoms with Crippen LogP contribution in [0.15, 0.2) is 30.3 Å². The van der Waals surface area contributed by atoms with Crippen molar-refractivity contribution in [2.24, 2.45) is 5.92 Å². The third kappa shape index (κ3) is 12.5. The maximum atomic E-state index is 9.70. The van der Waals surface area contributed by atoms with Crippen LogP contribution < -0.4 is 0 Å². The summed E-state index contributed by atoms with van der Waals surface area (Å²) in [6.07, 6.45) is 5.37. The summed E-state index contributed by atoms with van der Waals surface area (Å²) in [5, 5.41) is 17.6. The minimum absolute atomic E-state index is 0. The van der Waals surface area contributed by atoms with Crippen LogP contribution in [0.4, 0.5) is 0 Å². The SMILES string of the molecule is CCCC(=O)O.CCCC[C@@H](Cc1ccccc1)[C@@H](C)O.[B]. The van der Waals surface area contributed by atoms with Crippen LogP contribution in [0.5, 0.6) is 0 Å². The van der Waals surface area contributed by atoms with Gasteiger partial charge in [0.1, 0.15) is 0 Å². The largest absolute Gasteiger partial charge is 0.481 e. The minimum atomic E-state index is -0.711. The lowest BCUT2D eigenvalue weighted by Crippen LogP contribution is -2.19. The molecule has 3 radical (unpaired) electrons. The standard InChI is InChI=1S/C14H22O.C4H8O2.B/c1-3-4-10-14(12(2)15)11-13-8-6-5-7-9-13;1-2-3-4(5)6;/h5-9,12,14-15H,3-4,10-11H2,1-2H3;2-3H2,1H3,(H,5,6);/t12-,14+;;/m1../s1. The molecule has 3 nitrogen and oxygen atoms in total. The van der Waals surface area contributed by atoms with Gasteiger partial charge in [0.05, 0.1) is 6.10 Å². The van der Waals surface area contributed by atoms with Gasteiger partial charge in [-0.05, 0) is 37.7 Å². The van der Waals surface area contributed by atoms with Crippen molar-refractivity contribution in [3.05, 3.63) is 35.9 Å². The third-order valence-electron chi connectivity index (χ3n) is 3.42. The third-order valence-corrected chi connectivity index (χ3v) is 3.42. The molecule has 0 aliphatic carbocycles. The first-order chi connectivity index (χ1) is 10.0. The molecule has 1 aromatic rings. The lowest BCUT2D eigenvalue weighted by atomic mass is 9.90. The van der Waals surface area contributed by atoms with E-state index in [4.69, 9.17) is 5.11 Å². The highest BCUT2D eigenvalue weighted by Crippen LogP contribution is 2.18. The molecule has 0 fully saturated rings. The van der Waals surface area contributed by atoms with E-state index in [1.165, 1.54) is 18.4 Å². The Labute approximate surface area is 137 Å². The van der Waals surface area contributed by atoms with Crippen molar-refractivity contribution in [3.63, 3.8) is 0 Å². The van der Waals surface area contributed by atoms with Crippen LogP contribution >= 0.6 is 0 Å². The predicted octanol–water partition coefficient (Wildman–Crippen LogP) is 3.91. The number of aliphatic hydroxyl groups is 1. The Bertz CT molecular complexity index is 366. The van der Waals surface area contributed by atoms with Gasteiger partial charge in [-0.15, -0.1) is 0 Å². The molecule has 22 heavy (non-hydrogen) atoms. The number of aliphatic hydroxyl groups excluding tert-OH is 1. The van der Waals surface area contributed by atoms with Gasteiger partial charge in [-0.3, -0.25) is 4.79 Å². The molecule has 0 heterocycles. The van der Waals surface area contributed by atoms with E-state index < -0.39 is 5.97 Å². The van der Waals surface area contributed by atoms with Crippen molar-refractivity contribution in [3.8, 4) is 0 Å². The molecule has 1 rings (SSSR count). The van der Waals surface area contributed by atoms with Crippen molar-refractivity contribution >= 4 is 14.4 Å². The zero-order chi connectivity index (χ0) is 16.1. The Balaban J connectivity index is 0. The van der Waals surface area contributed by atoms with E-state index in [9.17, 15) is 9.90 Å². The van der Waals surface area contributed by atoms with Crippen molar-refractivity contribution < 1.29 is 15.0 Å². The van der Waals surface area contributed by atoms with Crippen LogP contribution in [-0.2, 0) is 11.2 Å². The van der Waals surface area contributed by atoms with E-state index in [1.807, 2.05) is 19.9 Å². The lowest BCUT2D eigenvalue weighted by Gasteiger charge is -2.19. The minimum Gasteiger partial charge on any atom is -0.481 e. The smallest absolute Gasteiger partial charge is 0.303 e. The Morgan fingerprint density at radius 1 is 1.14 bits per heavy atom. The normalized spacial score (nSPS) is 12.4. The molecular weight excluding hydrogens is 275 g/mol. The Kier molecular flexibility index (Phi) is 15.3. The number of aliphatic carboxylic acids is 1. The molecule has 0 saturated heterocycles. The van der Waals surface area contributed by atoms with E-state index >= 15 is 0 Å². The molecule has 0 aliphatic rings. The van der Waals surface area contributed by atoms with E-state index in [0.717, 1.165) is 19.3 Å². The molecule has 1 aromatic carbocycles. The van der Waals surface area contributed by atoms with Crippen LogP contribution in [0.25, 0.3) is 0 Å². The quantitative estimate of drug-likeness (QED) is 0.716. The fourth-order valence-electron chi connectivity index (χ4n) is 2.11. The van der Waals surface area contributed by atoms with Gasteiger partial charge in [-0.2, -0.15) is 0 Å². The summed E-state index contributed by atoms with van der Waals surface area (Å²) in [5.74, 6) is -0.301. The number of carboxylic acids is 1. The number of hydrogen-bond donors (Lipinski definition) is 2.